The lowest BCUT2D eigenvalue weighted by Crippen LogP contribution is -2.28. The molecule has 1 heterocycles. The zero-order chi connectivity index (χ0) is 13.7. The van der Waals surface area contributed by atoms with Crippen molar-refractivity contribution in [2.75, 3.05) is 6.54 Å². The molecule has 3 N–H and O–H groups in total. The molecule has 19 heavy (non-hydrogen) atoms. The van der Waals surface area contributed by atoms with Crippen molar-refractivity contribution in [1.82, 2.24) is 14.9 Å². The smallest absolute Gasteiger partial charge is 0.251 e. The van der Waals surface area contributed by atoms with E-state index in [1.54, 1.807) is 24.7 Å². The Hall–Kier alpha value is -2.14. The minimum atomic E-state index is -0.0715. The number of aromatic nitrogens is 2. The molecule has 100 valence electrons. The summed E-state index contributed by atoms with van der Waals surface area (Å²) in [5.74, 6) is -0.0715. The minimum absolute atomic E-state index is 0.0715. The maximum atomic E-state index is 11.9. The third kappa shape index (κ3) is 3.66. The summed E-state index contributed by atoms with van der Waals surface area (Å²) in [4.78, 5) is 15.8. The molecule has 2 aromatic rings. The first-order valence-corrected chi connectivity index (χ1v) is 6.29. The van der Waals surface area contributed by atoms with Crippen LogP contribution in [0.15, 0.2) is 43.0 Å². The Morgan fingerprint density at radius 3 is 2.74 bits per heavy atom. The van der Waals surface area contributed by atoms with E-state index in [1.165, 1.54) is 0 Å². The van der Waals surface area contributed by atoms with E-state index in [4.69, 9.17) is 5.73 Å². The van der Waals surface area contributed by atoms with Gasteiger partial charge in [0.25, 0.3) is 5.91 Å². The van der Waals surface area contributed by atoms with Gasteiger partial charge in [-0.3, -0.25) is 4.79 Å². The summed E-state index contributed by atoms with van der Waals surface area (Å²) < 4.78 is 1.89. The highest BCUT2D eigenvalue weighted by molar-refractivity contribution is 5.94. The van der Waals surface area contributed by atoms with E-state index in [-0.39, 0.29) is 11.9 Å². The number of benzene rings is 1. The highest BCUT2D eigenvalue weighted by Gasteiger charge is 2.05. The maximum Gasteiger partial charge on any atom is 0.251 e. The zero-order valence-electron chi connectivity index (χ0n) is 10.9. The van der Waals surface area contributed by atoms with Gasteiger partial charge in [-0.25, -0.2) is 4.98 Å². The van der Waals surface area contributed by atoms with Crippen LogP contribution in [-0.4, -0.2) is 28.0 Å². The van der Waals surface area contributed by atoms with E-state index in [1.807, 2.05) is 29.8 Å². The van der Waals surface area contributed by atoms with Gasteiger partial charge in [0.15, 0.2) is 0 Å². The molecule has 2 rings (SSSR count). The lowest BCUT2D eigenvalue weighted by atomic mass is 10.2. The highest BCUT2D eigenvalue weighted by atomic mass is 16.1. The fourth-order valence-corrected chi connectivity index (χ4v) is 1.71. The molecular weight excluding hydrogens is 240 g/mol. The number of hydrogen-bond donors (Lipinski definition) is 2. The molecule has 0 saturated heterocycles. The molecule has 0 radical (unpaired) electrons. The number of nitrogens with two attached hydrogens (primary N) is 1. The van der Waals surface area contributed by atoms with Crippen molar-refractivity contribution in [2.24, 2.45) is 5.73 Å². The second-order valence-corrected chi connectivity index (χ2v) is 4.54. The molecule has 5 heteroatoms. The first kappa shape index (κ1) is 13.3. The second kappa shape index (κ2) is 6.15. The average Bonchev–Trinajstić information content (AvgIpc) is 2.92. The largest absolute Gasteiger partial charge is 0.352 e. The van der Waals surface area contributed by atoms with Gasteiger partial charge >= 0.3 is 0 Å². The van der Waals surface area contributed by atoms with Gasteiger partial charge in [-0.2, -0.15) is 0 Å². The third-order valence-electron chi connectivity index (χ3n) is 2.82. The van der Waals surface area contributed by atoms with E-state index in [9.17, 15) is 4.79 Å². The molecule has 1 aromatic carbocycles. The molecule has 0 fully saturated rings. The van der Waals surface area contributed by atoms with Crippen LogP contribution < -0.4 is 11.1 Å². The number of imidazole rings is 1. The molecule has 1 aromatic heterocycles. The molecule has 1 atom stereocenters. The Kier molecular flexibility index (Phi) is 4.30. The van der Waals surface area contributed by atoms with Gasteiger partial charge in [0.2, 0.25) is 0 Å². The summed E-state index contributed by atoms with van der Waals surface area (Å²) in [6.45, 7) is 2.52. The summed E-state index contributed by atoms with van der Waals surface area (Å²) >= 11 is 0. The number of carbonyl (C=O) groups excluding carboxylic acids is 1. The van der Waals surface area contributed by atoms with Crippen molar-refractivity contribution < 1.29 is 4.79 Å². The first-order valence-electron chi connectivity index (χ1n) is 6.29. The number of rotatable bonds is 5. The summed E-state index contributed by atoms with van der Waals surface area (Å²) in [5.41, 5.74) is 7.25. The van der Waals surface area contributed by atoms with Gasteiger partial charge in [0.05, 0.1) is 6.33 Å². The molecule has 0 bridgehead atoms. The Bertz CT molecular complexity index is 517. The molecular formula is C14H18N4O. The number of hydrogen-bond acceptors (Lipinski definition) is 3. The van der Waals surface area contributed by atoms with Gasteiger partial charge in [-0.1, -0.05) is 0 Å². The topological polar surface area (TPSA) is 72.9 Å². The first-order chi connectivity index (χ1) is 9.16. The summed E-state index contributed by atoms with van der Waals surface area (Å²) in [6, 6.07) is 7.49. The number of nitrogens with zero attached hydrogens (tertiary/aromatic N) is 2. The third-order valence-corrected chi connectivity index (χ3v) is 2.82. The monoisotopic (exact) mass is 258 g/mol. The van der Waals surface area contributed by atoms with Gasteiger partial charge < -0.3 is 15.6 Å². The second-order valence-electron chi connectivity index (χ2n) is 4.54. The number of amides is 1. The molecule has 0 saturated carbocycles. The Morgan fingerprint density at radius 2 is 2.16 bits per heavy atom. The van der Waals surface area contributed by atoms with Crippen molar-refractivity contribution in [1.29, 1.82) is 0 Å². The van der Waals surface area contributed by atoms with Gasteiger partial charge in [0.1, 0.15) is 0 Å². The van der Waals surface area contributed by atoms with Crippen molar-refractivity contribution in [3.8, 4) is 5.69 Å². The van der Waals surface area contributed by atoms with Crippen LogP contribution in [0.5, 0.6) is 0 Å². The van der Waals surface area contributed by atoms with Gasteiger partial charge in [0, 0.05) is 36.2 Å². The van der Waals surface area contributed by atoms with E-state index in [0.717, 1.165) is 12.1 Å². The lowest BCUT2D eigenvalue weighted by molar-refractivity contribution is 0.0953. The van der Waals surface area contributed by atoms with Crippen LogP contribution in [0.2, 0.25) is 0 Å². The van der Waals surface area contributed by atoms with Crippen LogP contribution in [0.3, 0.4) is 0 Å². The van der Waals surface area contributed by atoms with Crippen LogP contribution in [-0.2, 0) is 0 Å². The lowest BCUT2D eigenvalue weighted by Gasteiger charge is -2.08. The minimum Gasteiger partial charge on any atom is -0.352 e. The van der Waals surface area contributed by atoms with Crippen molar-refractivity contribution in [2.45, 2.75) is 19.4 Å². The van der Waals surface area contributed by atoms with E-state index < -0.39 is 0 Å². The standard InChI is InChI=1S/C14H18N4O/c1-11(15)6-7-17-14(19)12-2-4-13(5-3-12)18-9-8-16-10-18/h2-5,8-11H,6-7,15H2,1H3,(H,17,19). The summed E-state index contributed by atoms with van der Waals surface area (Å²) in [5, 5.41) is 2.85. The number of nitrogens with one attached hydrogen (secondary N) is 1. The number of carbonyl (C=O) groups is 1. The normalized spacial score (nSPS) is 12.1. The van der Waals surface area contributed by atoms with Crippen LogP contribution in [0, 0.1) is 0 Å². The zero-order valence-corrected chi connectivity index (χ0v) is 10.9. The van der Waals surface area contributed by atoms with Crippen LogP contribution in [0.4, 0.5) is 0 Å². The van der Waals surface area contributed by atoms with Crippen LogP contribution in [0.25, 0.3) is 5.69 Å². The Morgan fingerprint density at radius 1 is 1.42 bits per heavy atom. The van der Waals surface area contributed by atoms with Gasteiger partial charge in [-0.15, -0.1) is 0 Å². The highest BCUT2D eigenvalue weighted by Crippen LogP contribution is 2.09. The molecule has 0 spiro atoms. The van der Waals surface area contributed by atoms with Gasteiger partial charge in [-0.05, 0) is 37.6 Å². The summed E-state index contributed by atoms with van der Waals surface area (Å²) in [6.07, 6.45) is 6.07. The molecule has 0 aliphatic heterocycles. The maximum absolute atomic E-state index is 11.9. The van der Waals surface area contributed by atoms with Crippen LogP contribution in [0.1, 0.15) is 23.7 Å². The quantitative estimate of drug-likeness (QED) is 0.850. The van der Waals surface area contributed by atoms with E-state index in [0.29, 0.717) is 12.1 Å². The average molecular weight is 258 g/mol. The fourth-order valence-electron chi connectivity index (χ4n) is 1.71. The summed E-state index contributed by atoms with van der Waals surface area (Å²) in [7, 11) is 0. The van der Waals surface area contributed by atoms with Crippen molar-refractivity contribution in [3.63, 3.8) is 0 Å². The molecule has 1 unspecified atom stereocenters. The molecule has 0 aliphatic rings. The van der Waals surface area contributed by atoms with Crippen LogP contribution >= 0.6 is 0 Å². The molecule has 1 amide bonds. The van der Waals surface area contributed by atoms with Crippen molar-refractivity contribution >= 4 is 5.91 Å². The fraction of sp³-hybridized carbons (Fsp3) is 0.286. The SMILES string of the molecule is CC(N)CCNC(=O)c1ccc(-n2ccnc2)cc1. The predicted octanol–water partition coefficient (Wildman–Crippen LogP) is 1.34. The molecule has 0 aliphatic carbocycles. The Balaban J connectivity index is 1.96. The van der Waals surface area contributed by atoms with Crippen molar-refractivity contribution in [3.05, 3.63) is 48.5 Å². The molecule has 5 nitrogen and oxygen atoms in total. The predicted molar refractivity (Wildman–Crippen MR) is 74.2 cm³/mol. The van der Waals surface area contributed by atoms with E-state index in [2.05, 4.69) is 10.3 Å². The Labute approximate surface area is 112 Å². The van der Waals surface area contributed by atoms with E-state index >= 15 is 0 Å².